The number of carbonyl (C=O) groups excluding carboxylic acids is 2. The van der Waals surface area contributed by atoms with E-state index in [1.54, 1.807) is 4.90 Å². The van der Waals surface area contributed by atoms with E-state index in [1.807, 2.05) is 0 Å². The highest BCUT2D eigenvalue weighted by Gasteiger charge is 2.36. The summed E-state index contributed by atoms with van der Waals surface area (Å²) < 4.78 is 0. The van der Waals surface area contributed by atoms with Crippen molar-refractivity contribution in [1.29, 1.82) is 0 Å². The van der Waals surface area contributed by atoms with E-state index in [-0.39, 0.29) is 18.0 Å². The zero-order valence-corrected chi connectivity index (χ0v) is 15.8. The summed E-state index contributed by atoms with van der Waals surface area (Å²) in [5.74, 6) is 0.0346. The van der Waals surface area contributed by atoms with Crippen LogP contribution in [0.5, 0.6) is 0 Å². The first-order chi connectivity index (χ1) is 13.2. The van der Waals surface area contributed by atoms with E-state index in [4.69, 9.17) is 0 Å². The van der Waals surface area contributed by atoms with Crippen LogP contribution in [0.2, 0.25) is 0 Å². The average molecular weight is 371 g/mol. The molecule has 0 radical (unpaired) electrons. The molecule has 2 N–H and O–H groups in total. The van der Waals surface area contributed by atoms with E-state index in [1.165, 1.54) is 31.5 Å². The molecule has 0 bridgehead atoms. The van der Waals surface area contributed by atoms with Gasteiger partial charge in [-0.25, -0.2) is 4.79 Å². The molecule has 0 aromatic heterocycles. The molecule has 7 heteroatoms. The number of amides is 3. The summed E-state index contributed by atoms with van der Waals surface area (Å²) in [6.07, 6.45) is 2.61. The van der Waals surface area contributed by atoms with Gasteiger partial charge in [-0.05, 0) is 37.1 Å². The van der Waals surface area contributed by atoms with E-state index in [0.29, 0.717) is 26.2 Å². The van der Waals surface area contributed by atoms with Crippen LogP contribution in [0.4, 0.5) is 4.79 Å². The van der Waals surface area contributed by atoms with Crippen LogP contribution in [0.1, 0.15) is 24.0 Å². The lowest BCUT2D eigenvalue weighted by atomic mass is 10.1. The number of urea groups is 1. The monoisotopic (exact) mass is 371 g/mol. The van der Waals surface area contributed by atoms with Gasteiger partial charge in [0.1, 0.15) is 6.04 Å². The van der Waals surface area contributed by atoms with Crippen molar-refractivity contribution in [3.05, 3.63) is 35.4 Å². The maximum absolute atomic E-state index is 12.5. The Kier molecular flexibility index (Phi) is 5.59. The minimum atomic E-state index is -0.205. The van der Waals surface area contributed by atoms with Crippen molar-refractivity contribution in [3.63, 3.8) is 0 Å². The highest BCUT2D eigenvalue weighted by Crippen LogP contribution is 2.14. The Bertz CT molecular complexity index is 671. The Labute approximate surface area is 160 Å². The summed E-state index contributed by atoms with van der Waals surface area (Å²) in [6.45, 7) is 7.40. The van der Waals surface area contributed by atoms with Crippen molar-refractivity contribution in [2.75, 3.05) is 45.8 Å². The maximum Gasteiger partial charge on any atom is 0.317 e. The number of hydrogen-bond acceptors (Lipinski definition) is 4. The first-order valence-corrected chi connectivity index (χ1v) is 10.0. The maximum atomic E-state index is 12.5. The molecule has 4 rings (SSSR count). The lowest BCUT2D eigenvalue weighted by molar-refractivity contribution is -0.131. The van der Waals surface area contributed by atoms with Gasteiger partial charge in [-0.1, -0.05) is 24.3 Å². The van der Waals surface area contributed by atoms with Gasteiger partial charge >= 0.3 is 6.03 Å². The van der Waals surface area contributed by atoms with Crippen molar-refractivity contribution in [2.24, 2.45) is 0 Å². The van der Waals surface area contributed by atoms with Gasteiger partial charge < -0.3 is 15.5 Å². The van der Waals surface area contributed by atoms with Gasteiger partial charge in [-0.2, -0.15) is 0 Å². The van der Waals surface area contributed by atoms with Crippen LogP contribution in [-0.2, 0) is 17.9 Å². The van der Waals surface area contributed by atoms with Crippen LogP contribution in [0, 0.1) is 0 Å². The molecule has 0 unspecified atom stereocenters. The van der Waals surface area contributed by atoms with E-state index in [0.717, 1.165) is 25.2 Å². The lowest BCUT2D eigenvalue weighted by Gasteiger charge is -2.42. The summed E-state index contributed by atoms with van der Waals surface area (Å²) in [6, 6.07) is 8.21. The molecule has 0 saturated carbocycles. The second-order valence-electron chi connectivity index (χ2n) is 7.75. The summed E-state index contributed by atoms with van der Waals surface area (Å²) in [4.78, 5) is 30.9. The molecule has 3 aliphatic rings. The minimum Gasteiger partial charge on any atom is -0.353 e. The Morgan fingerprint density at radius 1 is 1.04 bits per heavy atom. The van der Waals surface area contributed by atoms with Gasteiger partial charge in [-0.3, -0.25) is 14.6 Å². The molecular formula is C20H29N5O2. The van der Waals surface area contributed by atoms with E-state index >= 15 is 0 Å². The predicted octanol–water partition coefficient (Wildman–Crippen LogP) is 0.608. The van der Waals surface area contributed by atoms with Crippen LogP contribution < -0.4 is 10.6 Å². The average Bonchev–Trinajstić information content (AvgIpc) is 3.20. The molecule has 27 heavy (non-hydrogen) atoms. The molecule has 0 spiro atoms. The molecule has 3 amide bonds. The van der Waals surface area contributed by atoms with Crippen molar-refractivity contribution < 1.29 is 9.59 Å². The second kappa shape index (κ2) is 8.27. The van der Waals surface area contributed by atoms with E-state index in [2.05, 4.69) is 44.7 Å². The molecule has 3 saturated heterocycles. The standard InChI is InChI=1S/C20H29N5O2/c26-19-18-15-25(12-11-24(18)10-7-21-19)20(27)22-13-16-3-5-17(6-4-16)14-23-8-1-2-9-23/h3-6,18H,1-2,7-15H2,(H,21,26)(H,22,27)/t18-/m1/s1. The number of piperazine rings is 2. The van der Waals surface area contributed by atoms with Gasteiger partial charge in [0.25, 0.3) is 0 Å². The predicted molar refractivity (Wildman–Crippen MR) is 103 cm³/mol. The van der Waals surface area contributed by atoms with Crippen LogP contribution >= 0.6 is 0 Å². The first kappa shape index (κ1) is 18.3. The van der Waals surface area contributed by atoms with Crippen molar-refractivity contribution >= 4 is 11.9 Å². The van der Waals surface area contributed by atoms with Crippen LogP contribution in [0.25, 0.3) is 0 Å². The van der Waals surface area contributed by atoms with Gasteiger partial charge in [0.05, 0.1) is 0 Å². The molecule has 3 fully saturated rings. The highest BCUT2D eigenvalue weighted by atomic mass is 16.2. The Morgan fingerprint density at radius 2 is 1.78 bits per heavy atom. The van der Waals surface area contributed by atoms with Gasteiger partial charge in [0.15, 0.2) is 0 Å². The third-order valence-electron chi connectivity index (χ3n) is 5.85. The largest absolute Gasteiger partial charge is 0.353 e. The number of carbonyl (C=O) groups is 2. The minimum absolute atomic E-state index is 0.0346. The number of hydrogen-bond donors (Lipinski definition) is 2. The Balaban J connectivity index is 1.25. The lowest BCUT2D eigenvalue weighted by Crippen LogP contribution is -2.65. The number of nitrogens with one attached hydrogen (secondary N) is 2. The number of nitrogens with zero attached hydrogens (tertiary/aromatic N) is 3. The van der Waals surface area contributed by atoms with Crippen molar-refractivity contribution in [3.8, 4) is 0 Å². The van der Waals surface area contributed by atoms with Gasteiger partial charge in [0.2, 0.25) is 5.91 Å². The van der Waals surface area contributed by atoms with Crippen LogP contribution in [0.3, 0.4) is 0 Å². The summed E-state index contributed by atoms with van der Waals surface area (Å²) in [7, 11) is 0. The summed E-state index contributed by atoms with van der Waals surface area (Å²) in [5.41, 5.74) is 2.42. The first-order valence-electron chi connectivity index (χ1n) is 10.0. The Hall–Kier alpha value is -2.12. The van der Waals surface area contributed by atoms with Crippen molar-refractivity contribution in [1.82, 2.24) is 25.3 Å². The quantitative estimate of drug-likeness (QED) is 0.814. The fourth-order valence-corrected chi connectivity index (χ4v) is 4.21. The second-order valence-corrected chi connectivity index (χ2v) is 7.75. The Morgan fingerprint density at radius 3 is 2.56 bits per heavy atom. The SMILES string of the molecule is O=C1NCCN2CCN(C(=O)NCc3ccc(CN4CCCC4)cc3)C[C@H]12. The normalized spacial score (nSPS) is 23.8. The molecule has 146 valence electrons. The summed E-state index contributed by atoms with van der Waals surface area (Å²) >= 11 is 0. The number of fused-ring (bicyclic) bond motifs is 1. The molecule has 1 aromatic carbocycles. The topological polar surface area (TPSA) is 67.9 Å². The van der Waals surface area contributed by atoms with Gasteiger partial charge in [0, 0.05) is 45.8 Å². The van der Waals surface area contributed by atoms with Crippen LogP contribution in [0.15, 0.2) is 24.3 Å². The molecule has 7 nitrogen and oxygen atoms in total. The number of likely N-dealkylation sites (tertiary alicyclic amines) is 1. The van der Waals surface area contributed by atoms with E-state index in [9.17, 15) is 9.59 Å². The third kappa shape index (κ3) is 4.42. The smallest absolute Gasteiger partial charge is 0.317 e. The fourth-order valence-electron chi connectivity index (χ4n) is 4.21. The van der Waals surface area contributed by atoms with Gasteiger partial charge in [-0.15, -0.1) is 0 Å². The van der Waals surface area contributed by atoms with Crippen LogP contribution in [-0.4, -0.2) is 78.5 Å². The zero-order chi connectivity index (χ0) is 18.6. The molecule has 0 aliphatic carbocycles. The summed E-state index contributed by atoms with van der Waals surface area (Å²) in [5, 5.41) is 5.88. The van der Waals surface area contributed by atoms with E-state index < -0.39 is 0 Å². The molecule has 1 atom stereocenters. The fraction of sp³-hybridized carbons (Fsp3) is 0.600. The number of rotatable bonds is 4. The number of benzene rings is 1. The molecule has 3 heterocycles. The molecule has 3 aliphatic heterocycles. The molecule has 1 aromatic rings. The molecular weight excluding hydrogens is 342 g/mol. The zero-order valence-electron chi connectivity index (χ0n) is 15.8. The third-order valence-corrected chi connectivity index (χ3v) is 5.85. The highest BCUT2D eigenvalue weighted by molar-refractivity contribution is 5.84. The van der Waals surface area contributed by atoms with Crippen molar-refractivity contribution in [2.45, 2.75) is 32.0 Å².